The van der Waals surface area contributed by atoms with Crippen LogP contribution < -0.4 is 14.8 Å². The fourth-order valence-corrected chi connectivity index (χ4v) is 4.66. The Kier molecular flexibility index (Phi) is 8.24. The van der Waals surface area contributed by atoms with E-state index < -0.39 is 5.91 Å². The number of carbonyl (C=O) groups is 1. The van der Waals surface area contributed by atoms with Crippen molar-refractivity contribution in [1.29, 1.82) is 5.26 Å². The Labute approximate surface area is 224 Å². The van der Waals surface area contributed by atoms with E-state index in [4.69, 9.17) is 9.47 Å². The van der Waals surface area contributed by atoms with Crippen molar-refractivity contribution in [3.8, 4) is 17.6 Å². The summed E-state index contributed by atoms with van der Waals surface area (Å²) < 4.78 is 12.9. The van der Waals surface area contributed by atoms with Crippen LogP contribution in [-0.4, -0.2) is 12.5 Å². The maximum Gasteiger partial charge on any atom is 0.266 e. The topological polar surface area (TPSA) is 71.3 Å². The number of hydrogen-bond acceptors (Lipinski definition) is 4. The van der Waals surface area contributed by atoms with Gasteiger partial charge in [0, 0.05) is 5.69 Å². The van der Waals surface area contributed by atoms with E-state index in [1.165, 1.54) is 0 Å². The van der Waals surface area contributed by atoms with E-state index in [-0.39, 0.29) is 5.57 Å². The molecule has 0 heterocycles. The lowest BCUT2D eigenvalue weighted by atomic mass is 10.1. The molecule has 0 atom stereocenters. The van der Waals surface area contributed by atoms with Crippen molar-refractivity contribution < 1.29 is 14.3 Å². The second kappa shape index (κ2) is 11.7. The predicted molar refractivity (Wildman–Crippen MR) is 152 cm³/mol. The van der Waals surface area contributed by atoms with Gasteiger partial charge in [0.15, 0.2) is 11.5 Å². The molecule has 180 valence electrons. The minimum absolute atomic E-state index is 0.000761. The molecule has 0 aliphatic heterocycles. The first kappa shape index (κ1) is 25.3. The maximum atomic E-state index is 12.7. The highest BCUT2D eigenvalue weighted by Crippen LogP contribution is 2.36. The molecule has 6 heteroatoms. The zero-order valence-corrected chi connectivity index (χ0v) is 22.2. The molecule has 4 rings (SSSR count). The fraction of sp³-hybridized carbons (Fsp3) is 0.133. The number of ether oxygens (including phenoxy) is 2. The van der Waals surface area contributed by atoms with Gasteiger partial charge in [-0.2, -0.15) is 5.26 Å². The standard InChI is InChI=1S/C30H25IN2O3/c1-3-35-28-17-21(15-24(18-32)30(34)33-25-12-6-8-20(2)14-25)16-27(31)29(28)36-19-23-11-7-10-22-9-4-5-13-26(22)23/h4-17H,3,19H2,1-2H3,(H,33,34)/b24-15+. The molecule has 0 aromatic heterocycles. The summed E-state index contributed by atoms with van der Waals surface area (Å²) in [4.78, 5) is 12.7. The van der Waals surface area contributed by atoms with Gasteiger partial charge in [-0.15, -0.1) is 0 Å². The molecule has 1 N–H and O–H groups in total. The predicted octanol–water partition coefficient (Wildman–Crippen LogP) is 7.28. The molecule has 4 aromatic rings. The Hall–Kier alpha value is -3.83. The van der Waals surface area contributed by atoms with Gasteiger partial charge in [0.05, 0.1) is 10.2 Å². The van der Waals surface area contributed by atoms with Crippen molar-refractivity contribution in [2.75, 3.05) is 11.9 Å². The summed E-state index contributed by atoms with van der Waals surface area (Å²) in [6.07, 6.45) is 1.56. The number of anilines is 1. The summed E-state index contributed by atoms with van der Waals surface area (Å²) in [6, 6.07) is 27.5. The van der Waals surface area contributed by atoms with Crippen LogP contribution in [0.15, 0.2) is 84.4 Å². The third-order valence-electron chi connectivity index (χ3n) is 5.54. The van der Waals surface area contributed by atoms with Crippen molar-refractivity contribution in [1.82, 2.24) is 0 Å². The highest BCUT2D eigenvalue weighted by molar-refractivity contribution is 14.1. The van der Waals surface area contributed by atoms with E-state index in [2.05, 4.69) is 52.2 Å². The highest BCUT2D eigenvalue weighted by Gasteiger charge is 2.15. The average Bonchev–Trinajstić information content (AvgIpc) is 2.87. The van der Waals surface area contributed by atoms with Crippen LogP contribution in [0.2, 0.25) is 0 Å². The smallest absolute Gasteiger partial charge is 0.266 e. The van der Waals surface area contributed by atoms with Crippen LogP contribution in [0.5, 0.6) is 11.5 Å². The lowest BCUT2D eigenvalue weighted by Crippen LogP contribution is -2.13. The number of hydrogen-bond donors (Lipinski definition) is 1. The molecule has 0 saturated carbocycles. The number of amides is 1. The number of nitrogens with zero attached hydrogens (tertiary/aromatic N) is 1. The van der Waals surface area contributed by atoms with Crippen LogP contribution >= 0.6 is 22.6 Å². The molecule has 0 radical (unpaired) electrons. The lowest BCUT2D eigenvalue weighted by Gasteiger charge is -2.16. The first-order chi connectivity index (χ1) is 17.5. The van der Waals surface area contributed by atoms with Gasteiger partial charge in [-0.25, -0.2) is 0 Å². The molecule has 0 unspecified atom stereocenters. The van der Waals surface area contributed by atoms with E-state index in [9.17, 15) is 10.1 Å². The first-order valence-corrected chi connectivity index (χ1v) is 12.6. The molecule has 0 bridgehead atoms. The summed E-state index contributed by atoms with van der Waals surface area (Å²) in [6.45, 7) is 4.68. The van der Waals surface area contributed by atoms with Gasteiger partial charge in [0.1, 0.15) is 18.2 Å². The number of nitriles is 1. The molecule has 0 saturated heterocycles. The van der Waals surface area contributed by atoms with E-state index in [0.29, 0.717) is 36.0 Å². The summed E-state index contributed by atoms with van der Waals surface area (Å²) in [5.41, 5.74) is 3.42. The Balaban J connectivity index is 1.59. The minimum atomic E-state index is -0.465. The van der Waals surface area contributed by atoms with Gasteiger partial charge in [0.2, 0.25) is 0 Å². The lowest BCUT2D eigenvalue weighted by molar-refractivity contribution is -0.112. The number of nitrogens with one attached hydrogen (secondary N) is 1. The van der Waals surface area contributed by atoms with Crippen LogP contribution in [0.25, 0.3) is 16.8 Å². The second-order valence-electron chi connectivity index (χ2n) is 8.18. The minimum Gasteiger partial charge on any atom is -0.490 e. The molecule has 1 amide bonds. The van der Waals surface area contributed by atoms with Crippen LogP contribution in [-0.2, 0) is 11.4 Å². The Morgan fingerprint density at radius 1 is 1.03 bits per heavy atom. The molecular formula is C30H25IN2O3. The van der Waals surface area contributed by atoms with Crippen LogP contribution in [0.4, 0.5) is 5.69 Å². The van der Waals surface area contributed by atoms with Gasteiger partial charge in [0.25, 0.3) is 5.91 Å². The maximum absolute atomic E-state index is 12.7. The van der Waals surface area contributed by atoms with E-state index >= 15 is 0 Å². The number of carbonyl (C=O) groups excluding carboxylic acids is 1. The monoisotopic (exact) mass is 588 g/mol. The van der Waals surface area contributed by atoms with Gasteiger partial charge in [-0.3, -0.25) is 4.79 Å². The molecule has 0 fully saturated rings. The zero-order chi connectivity index (χ0) is 25.5. The number of benzene rings is 4. The Morgan fingerprint density at radius 2 is 1.81 bits per heavy atom. The summed E-state index contributed by atoms with van der Waals surface area (Å²) in [7, 11) is 0. The van der Waals surface area contributed by atoms with Crippen molar-refractivity contribution in [2.24, 2.45) is 0 Å². The van der Waals surface area contributed by atoms with Crippen molar-refractivity contribution in [2.45, 2.75) is 20.5 Å². The highest BCUT2D eigenvalue weighted by atomic mass is 127. The number of rotatable bonds is 8. The second-order valence-corrected chi connectivity index (χ2v) is 9.35. The average molecular weight is 588 g/mol. The largest absolute Gasteiger partial charge is 0.490 e. The normalized spacial score (nSPS) is 11.1. The fourth-order valence-electron chi connectivity index (χ4n) is 3.88. The summed E-state index contributed by atoms with van der Waals surface area (Å²) in [5.74, 6) is 0.727. The molecule has 4 aromatic carbocycles. The zero-order valence-electron chi connectivity index (χ0n) is 20.0. The van der Waals surface area contributed by atoms with E-state index in [1.54, 1.807) is 18.2 Å². The first-order valence-electron chi connectivity index (χ1n) is 11.5. The molecular weight excluding hydrogens is 563 g/mol. The summed E-state index contributed by atoms with van der Waals surface area (Å²) in [5, 5.41) is 14.7. The quantitative estimate of drug-likeness (QED) is 0.134. The summed E-state index contributed by atoms with van der Waals surface area (Å²) >= 11 is 2.19. The molecule has 0 aliphatic rings. The van der Waals surface area contributed by atoms with Crippen LogP contribution in [0.1, 0.15) is 23.6 Å². The van der Waals surface area contributed by atoms with Gasteiger partial charge >= 0.3 is 0 Å². The number of fused-ring (bicyclic) bond motifs is 1. The molecule has 5 nitrogen and oxygen atoms in total. The molecule has 0 aliphatic carbocycles. The van der Waals surface area contributed by atoms with Crippen LogP contribution in [0, 0.1) is 21.8 Å². The van der Waals surface area contributed by atoms with Crippen LogP contribution in [0.3, 0.4) is 0 Å². The Morgan fingerprint density at radius 3 is 2.58 bits per heavy atom. The number of aryl methyl sites for hydroxylation is 1. The molecule has 0 spiro atoms. The number of halogens is 1. The molecule has 36 heavy (non-hydrogen) atoms. The third-order valence-corrected chi connectivity index (χ3v) is 6.34. The van der Waals surface area contributed by atoms with E-state index in [1.807, 2.05) is 62.4 Å². The third kappa shape index (κ3) is 6.04. The Bertz CT molecular complexity index is 1480. The van der Waals surface area contributed by atoms with Gasteiger partial charge in [-0.05, 0) is 94.2 Å². The SMILES string of the molecule is CCOc1cc(/C=C(\C#N)C(=O)Nc2cccc(C)c2)cc(I)c1OCc1cccc2ccccc12. The van der Waals surface area contributed by atoms with E-state index in [0.717, 1.165) is 25.5 Å². The van der Waals surface area contributed by atoms with Crippen molar-refractivity contribution >= 4 is 51.0 Å². The van der Waals surface area contributed by atoms with Crippen molar-refractivity contribution in [3.05, 3.63) is 105 Å². The van der Waals surface area contributed by atoms with Crippen molar-refractivity contribution in [3.63, 3.8) is 0 Å². The van der Waals surface area contributed by atoms with Gasteiger partial charge < -0.3 is 14.8 Å². The van der Waals surface area contributed by atoms with Gasteiger partial charge in [-0.1, -0.05) is 54.6 Å².